The maximum absolute atomic E-state index is 12.3. The summed E-state index contributed by atoms with van der Waals surface area (Å²) in [5.41, 5.74) is 5.39. The van der Waals surface area contributed by atoms with Gasteiger partial charge in [0, 0.05) is 10.9 Å². The van der Waals surface area contributed by atoms with E-state index in [1.165, 1.54) is 5.56 Å². The summed E-state index contributed by atoms with van der Waals surface area (Å²) in [5, 5.41) is 5.84. The first-order valence-electron chi connectivity index (χ1n) is 8.95. The largest absolute Gasteiger partial charge is 0.481 e. The minimum Gasteiger partial charge on any atom is -0.481 e. The molecule has 3 rings (SSSR count). The summed E-state index contributed by atoms with van der Waals surface area (Å²) < 4.78 is 5.78. The maximum Gasteiger partial charge on any atom is 0.261 e. The fourth-order valence-electron chi connectivity index (χ4n) is 2.80. The van der Waals surface area contributed by atoms with Crippen LogP contribution in [-0.4, -0.2) is 17.0 Å². The van der Waals surface area contributed by atoms with E-state index in [4.69, 9.17) is 4.74 Å². The SMILES string of the molecule is Cc1ccc(-c2nc(CNC(=O)C(C)Oc3cc(C)cc(C)c3)cs2)cc1. The summed E-state index contributed by atoms with van der Waals surface area (Å²) in [5.74, 6) is 0.560. The molecule has 0 saturated heterocycles. The molecule has 1 atom stereocenters. The van der Waals surface area contributed by atoms with Gasteiger partial charge in [-0.15, -0.1) is 11.3 Å². The Morgan fingerprint density at radius 2 is 1.74 bits per heavy atom. The van der Waals surface area contributed by atoms with Crippen LogP contribution >= 0.6 is 11.3 Å². The summed E-state index contributed by atoms with van der Waals surface area (Å²) in [6, 6.07) is 14.2. The van der Waals surface area contributed by atoms with Crippen molar-refractivity contribution in [3.8, 4) is 16.3 Å². The number of carbonyl (C=O) groups is 1. The molecule has 0 radical (unpaired) electrons. The van der Waals surface area contributed by atoms with E-state index in [1.54, 1.807) is 18.3 Å². The molecule has 1 amide bonds. The first-order chi connectivity index (χ1) is 12.9. The Morgan fingerprint density at radius 1 is 1.07 bits per heavy atom. The normalized spacial score (nSPS) is 11.9. The topological polar surface area (TPSA) is 51.2 Å². The molecule has 0 aliphatic carbocycles. The van der Waals surface area contributed by atoms with Crippen LogP contribution in [0.1, 0.15) is 29.3 Å². The highest BCUT2D eigenvalue weighted by Crippen LogP contribution is 2.24. The number of carbonyl (C=O) groups excluding carboxylic acids is 1. The molecule has 1 N–H and O–H groups in total. The third kappa shape index (κ3) is 5.17. The lowest BCUT2D eigenvalue weighted by Crippen LogP contribution is -2.36. The van der Waals surface area contributed by atoms with Crippen LogP contribution in [-0.2, 0) is 11.3 Å². The van der Waals surface area contributed by atoms with E-state index in [9.17, 15) is 4.79 Å². The third-order valence-electron chi connectivity index (χ3n) is 4.17. The van der Waals surface area contributed by atoms with Crippen molar-refractivity contribution in [3.63, 3.8) is 0 Å². The Labute approximate surface area is 164 Å². The molecule has 2 aromatic carbocycles. The summed E-state index contributed by atoms with van der Waals surface area (Å²) >= 11 is 1.58. The zero-order valence-electron chi connectivity index (χ0n) is 16.1. The highest BCUT2D eigenvalue weighted by molar-refractivity contribution is 7.13. The Kier molecular flexibility index (Phi) is 5.91. The zero-order chi connectivity index (χ0) is 19.4. The molecule has 140 valence electrons. The molecule has 0 bridgehead atoms. The minimum atomic E-state index is -0.568. The summed E-state index contributed by atoms with van der Waals surface area (Å²) in [7, 11) is 0. The van der Waals surface area contributed by atoms with Crippen molar-refractivity contribution in [2.24, 2.45) is 0 Å². The number of aromatic nitrogens is 1. The van der Waals surface area contributed by atoms with Gasteiger partial charge in [0.25, 0.3) is 5.91 Å². The summed E-state index contributed by atoms with van der Waals surface area (Å²) in [6.45, 7) is 8.23. The number of rotatable bonds is 6. The van der Waals surface area contributed by atoms with Gasteiger partial charge >= 0.3 is 0 Å². The lowest BCUT2D eigenvalue weighted by atomic mass is 10.1. The molecule has 0 spiro atoms. The highest BCUT2D eigenvalue weighted by atomic mass is 32.1. The van der Waals surface area contributed by atoms with Crippen LogP contribution < -0.4 is 10.1 Å². The minimum absolute atomic E-state index is 0.154. The number of hydrogen-bond acceptors (Lipinski definition) is 4. The highest BCUT2D eigenvalue weighted by Gasteiger charge is 2.15. The van der Waals surface area contributed by atoms with Crippen molar-refractivity contribution in [2.45, 2.75) is 40.3 Å². The lowest BCUT2D eigenvalue weighted by molar-refractivity contribution is -0.127. The average Bonchev–Trinajstić information content (AvgIpc) is 3.08. The monoisotopic (exact) mass is 380 g/mol. The predicted molar refractivity (Wildman–Crippen MR) is 110 cm³/mol. The van der Waals surface area contributed by atoms with Crippen molar-refractivity contribution in [3.05, 3.63) is 70.2 Å². The molecule has 1 unspecified atom stereocenters. The Morgan fingerprint density at radius 3 is 2.41 bits per heavy atom. The van der Waals surface area contributed by atoms with Crippen LogP contribution in [0.15, 0.2) is 47.8 Å². The number of benzene rings is 2. The molecular weight excluding hydrogens is 356 g/mol. The van der Waals surface area contributed by atoms with Gasteiger partial charge in [-0.25, -0.2) is 4.98 Å². The first-order valence-corrected chi connectivity index (χ1v) is 9.83. The molecule has 1 heterocycles. The van der Waals surface area contributed by atoms with E-state index >= 15 is 0 Å². The molecule has 27 heavy (non-hydrogen) atoms. The van der Waals surface area contributed by atoms with Crippen LogP contribution in [0.5, 0.6) is 5.75 Å². The van der Waals surface area contributed by atoms with Gasteiger partial charge in [-0.3, -0.25) is 4.79 Å². The van der Waals surface area contributed by atoms with Gasteiger partial charge in [0.15, 0.2) is 6.10 Å². The van der Waals surface area contributed by atoms with E-state index in [-0.39, 0.29) is 5.91 Å². The molecule has 0 aliphatic rings. The number of hydrogen-bond donors (Lipinski definition) is 1. The van der Waals surface area contributed by atoms with Gasteiger partial charge in [0.05, 0.1) is 12.2 Å². The number of aryl methyl sites for hydroxylation is 3. The quantitative estimate of drug-likeness (QED) is 0.667. The molecule has 5 heteroatoms. The van der Waals surface area contributed by atoms with E-state index in [2.05, 4.69) is 47.6 Å². The Balaban J connectivity index is 1.56. The smallest absolute Gasteiger partial charge is 0.261 e. The van der Waals surface area contributed by atoms with Crippen LogP contribution in [0.2, 0.25) is 0 Å². The van der Waals surface area contributed by atoms with Crippen molar-refractivity contribution in [1.29, 1.82) is 0 Å². The number of amides is 1. The van der Waals surface area contributed by atoms with Gasteiger partial charge in [-0.2, -0.15) is 0 Å². The van der Waals surface area contributed by atoms with E-state index < -0.39 is 6.10 Å². The standard InChI is InChI=1S/C22H24N2O2S/c1-14-5-7-18(8-6-14)22-24-19(13-27-22)12-23-21(25)17(4)26-20-10-15(2)9-16(3)11-20/h5-11,13,17H,12H2,1-4H3,(H,23,25). The zero-order valence-corrected chi connectivity index (χ0v) is 16.9. The van der Waals surface area contributed by atoms with Crippen molar-refractivity contribution in [2.75, 3.05) is 0 Å². The van der Waals surface area contributed by atoms with E-state index in [0.29, 0.717) is 12.3 Å². The van der Waals surface area contributed by atoms with Gasteiger partial charge in [0.2, 0.25) is 0 Å². The molecule has 0 aliphatic heterocycles. The molecule has 0 fully saturated rings. The fraction of sp³-hybridized carbons (Fsp3) is 0.273. The second-order valence-corrected chi connectivity index (χ2v) is 7.67. The van der Waals surface area contributed by atoms with Gasteiger partial charge < -0.3 is 10.1 Å². The number of nitrogens with one attached hydrogen (secondary N) is 1. The van der Waals surface area contributed by atoms with E-state index in [0.717, 1.165) is 27.4 Å². The second-order valence-electron chi connectivity index (χ2n) is 6.81. The van der Waals surface area contributed by atoms with Crippen LogP contribution in [0.4, 0.5) is 0 Å². The van der Waals surface area contributed by atoms with Crippen molar-refractivity contribution < 1.29 is 9.53 Å². The lowest BCUT2D eigenvalue weighted by Gasteiger charge is -2.15. The van der Waals surface area contributed by atoms with Gasteiger partial charge in [0.1, 0.15) is 10.8 Å². The number of nitrogens with zero attached hydrogens (tertiary/aromatic N) is 1. The van der Waals surface area contributed by atoms with Gasteiger partial charge in [-0.05, 0) is 51.0 Å². The number of thiazole rings is 1. The number of ether oxygens (including phenoxy) is 1. The maximum atomic E-state index is 12.3. The Hall–Kier alpha value is -2.66. The molecule has 4 nitrogen and oxygen atoms in total. The molecule has 1 aromatic heterocycles. The summed E-state index contributed by atoms with van der Waals surface area (Å²) in [6.07, 6.45) is -0.568. The molecular formula is C22H24N2O2S. The second kappa shape index (κ2) is 8.35. The fourth-order valence-corrected chi connectivity index (χ4v) is 3.62. The average molecular weight is 381 g/mol. The van der Waals surface area contributed by atoms with Crippen LogP contribution in [0.3, 0.4) is 0 Å². The molecule has 3 aromatic rings. The summed E-state index contributed by atoms with van der Waals surface area (Å²) in [4.78, 5) is 17.0. The Bertz CT molecular complexity index is 911. The van der Waals surface area contributed by atoms with Crippen molar-refractivity contribution >= 4 is 17.2 Å². The van der Waals surface area contributed by atoms with Gasteiger partial charge in [-0.1, -0.05) is 35.9 Å². The predicted octanol–water partition coefficient (Wildman–Crippen LogP) is 4.82. The molecule has 0 saturated carbocycles. The van der Waals surface area contributed by atoms with Crippen molar-refractivity contribution in [1.82, 2.24) is 10.3 Å². The third-order valence-corrected chi connectivity index (χ3v) is 5.11. The van der Waals surface area contributed by atoms with E-state index in [1.807, 2.05) is 31.4 Å². The van der Waals surface area contributed by atoms with Crippen LogP contribution in [0, 0.1) is 20.8 Å². The van der Waals surface area contributed by atoms with Crippen LogP contribution in [0.25, 0.3) is 10.6 Å². The first kappa shape index (κ1) is 19.1.